The van der Waals surface area contributed by atoms with E-state index in [1.54, 1.807) is 0 Å². The van der Waals surface area contributed by atoms with Crippen molar-refractivity contribution < 1.29 is 13.2 Å². The van der Waals surface area contributed by atoms with Crippen LogP contribution in [0.1, 0.15) is 11.6 Å². The summed E-state index contributed by atoms with van der Waals surface area (Å²) in [7, 11) is 0. The van der Waals surface area contributed by atoms with Crippen LogP contribution in [0.3, 0.4) is 0 Å². The average Bonchev–Trinajstić information content (AvgIpc) is 2.34. The molecule has 1 aliphatic rings. The largest absolute Gasteiger partial charge is 0.408 e. The van der Waals surface area contributed by atoms with E-state index in [1.165, 1.54) is 23.1 Å². The van der Waals surface area contributed by atoms with Crippen LogP contribution in [0.4, 0.5) is 13.2 Å². The van der Waals surface area contributed by atoms with Crippen molar-refractivity contribution in [2.75, 3.05) is 26.2 Å². The average molecular weight is 358 g/mol. The van der Waals surface area contributed by atoms with Gasteiger partial charge >= 0.3 is 6.18 Å². The van der Waals surface area contributed by atoms with Gasteiger partial charge in [-0.25, -0.2) is 0 Å². The molecule has 1 aliphatic heterocycles. The minimum absolute atomic E-state index is 0.214. The van der Waals surface area contributed by atoms with Gasteiger partial charge in [0, 0.05) is 30.7 Å². The Morgan fingerprint density at radius 2 is 1.89 bits per heavy atom. The van der Waals surface area contributed by atoms with Gasteiger partial charge in [-0.2, -0.15) is 13.2 Å². The second-order valence-electron chi connectivity index (χ2n) is 4.40. The third-order valence-electron chi connectivity index (χ3n) is 3.09. The highest BCUT2D eigenvalue weighted by molar-refractivity contribution is 9.10. The molecule has 0 bridgehead atoms. The van der Waals surface area contributed by atoms with E-state index in [-0.39, 0.29) is 5.56 Å². The maximum atomic E-state index is 13.3. The van der Waals surface area contributed by atoms with E-state index in [0.717, 1.165) is 0 Å². The fourth-order valence-electron chi connectivity index (χ4n) is 2.23. The first-order valence-electron chi connectivity index (χ1n) is 5.86. The molecule has 1 aromatic rings. The summed E-state index contributed by atoms with van der Waals surface area (Å²) in [5.74, 6) is 0. The Hall–Kier alpha value is -0.300. The van der Waals surface area contributed by atoms with Gasteiger partial charge in [0.15, 0.2) is 0 Å². The van der Waals surface area contributed by atoms with Gasteiger partial charge < -0.3 is 5.32 Å². The smallest absolute Gasteiger partial charge is 0.314 e. The Morgan fingerprint density at radius 1 is 1.26 bits per heavy atom. The number of nitrogens with one attached hydrogen (secondary N) is 1. The van der Waals surface area contributed by atoms with Gasteiger partial charge in [-0.3, -0.25) is 4.90 Å². The van der Waals surface area contributed by atoms with Crippen molar-refractivity contribution in [1.82, 2.24) is 10.2 Å². The van der Waals surface area contributed by atoms with Crippen LogP contribution in [0.15, 0.2) is 22.7 Å². The third-order valence-corrected chi connectivity index (χ3v) is 4.30. The zero-order valence-electron chi connectivity index (χ0n) is 9.97. The first kappa shape index (κ1) is 15.1. The molecule has 0 spiro atoms. The number of nitrogens with zero attached hydrogens (tertiary/aromatic N) is 1. The molecule has 0 saturated carbocycles. The van der Waals surface area contributed by atoms with Crippen molar-refractivity contribution >= 4 is 27.5 Å². The van der Waals surface area contributed by atoms with Gasteiger partial charge in [0.05, 0.1) is 5.02 Å². The van der Waals surface area contributed by atoms with Crippen molar-refractivity contribution in [2.45, 2.75) is 12.2 Å². The van der Waals surface area contributed by atoms with E-state index in [4.69, 9.17) is 11.6 Å². The molecule has 2 rings (SSSR count). The number of halogens is 5. The molecule has 1 fully saturated rings. The van der Waals surface area contributed by atoms with Crippen LogP contribution in [0, 0.1) is 0 Å². The van der Waals surface area contributed by atoms with E-state index in [1.807, 2.05) is 0 Å². The van der Waals surface area contributed by atoms with Gasteiger partial charge in [-0.15, -0.1) is 0 Å². The van der Waals surface area contributed by atoms with Crippen molar-refractivity contribution in [3.05, 3.63) is 33.3 Å². The molecular weight excluding hydrogens is 344 g/mol. The van der Waals surface area contributed by atoms with E-state index in [0.29, 0.717) is 35.7 Å². The molecule has 0 radical (unpaired) electrons. The number of alkyl halides is 3. The van der Waals surface area contributed by atoms with Crippen LogP contribution >= 0.6 is 27.5 Å². The molecule has 1 N–H and O–H groups in total. The lowest BCUT2D eigenvalue weighted by Gasteiger charge is -2.36. The molecule has 2 nitrogen and oxygen atoms in total. The fourth-order valence-corrected chi connectivity index (χ4v) is 2.74. The summed E-state index contributed by atoms with van der Waals surface area (Å²) in [6.07, 6.45) is -4.30. The maximum Gasteiger partial charge on any atom is 0.408 e. The van der Waals surface area contributed by atoms with Gasteiger partial charge in [-0.1, -0.05) is 17.7 Å². The Balaban J connectivity index is 2.33. The van der Waals surface area contributed by atoms with Crippen LogP contribution in [0.5, 0.6) is 0 Å². The molecule has 1 saturated heterocycles. The predicted octanol–water partition coefficient (Wildman–Crippen LogP) is 3.61. The highest BCUT2D eigenvalue weighted by Crippen LogP contribution is 2.39. The standard InChI is InChI=1S/C12H13BrClF3N2/c13-9-7-8(1-2-10(9)14)11(12(15,16)17)19-5-3-18-4-6-19/h1-2,7,11,18H,3-6H2/t11-/m1/s1. The highest BCUT2D eigenvalue weighted by Gasteiger charge is 2.44. The maximum absolute atomic E-state index is 13.3. The minimum atomic E-state index is -4.30. The molecule has 0 unspecified atom stereocenters. The normalized spacial score (nSPS) is 19.4. The lowest BCUT2D eigenvalue weighted by atomic mass is 10.0. The number of benzene rings is 1. The predicted molar refractivity (Wildman–Crippen MR) is 72.4 cm³/mol. The Labute approximate surface area is 123 Å². The lowest BCUT2D eigenvalue weighted by molar-refractivity contribution is -0.187. The fraction of sp³-hybridized carbons (Fsp3) is 0.500. The Morgan fingerprint density at radius 3 is 2.42 bits per heavy atom. The number of hydrogen-bond acceptors (Lipinski definition) is 2. The molecule has 19 heavy (non-hydrogen) atoms. The Kier molecular flexibility index (Phi) is 4.76. The van der Waals surface area contributed by atoms with Gasteiger partial charge in [0.1, 0.15) is 6.04 Å². The summed E-state index contributed by atoms with van der Waals surface area (Å²) in [4.78, 5) is 1.45. The molecule has 1 aromatic carbocycles. The third kappa shape index (κ3) is 3.62. The SMILES string of the molecule is FC(F)(F)[C@@H](c1ccc(Cl)c(Br)c1)N1CCNCC1. The number of rotatable bonds is 2. The van der Waals surface area contributed by atoms with Crippen LogP contribution in [-0.2, 0) is 0 Å². The van der Waals surface area contributed by atoms with Crippen LogP contribution < -0.4 is 5.32 Å². The molecule has 0 amide bonds. The zero-order chi connectivity index (χ0) is 14.0. The van der Waals surface area contributed by atoms with Crippen molar-refractivity contribution in [1.29, 1.82) is 0 Å². The summed E-state index contributed by atoms with van der Waals surface area (Å²) in [5, 5.41) is 3.46. The number of hydrogen-bond donors (Lipinski definition) is 1. The topological polar surface area (TPSA) is 15.3 Å². The summed E-state index contributed by atoms with van der Waals surface area (Å²) in [6, 6.07) is 2.79. The minimum Gasteiger partial charge on any atom is -0.314 e. The van der Waals surface area contributed by atoms with Gasteiger partial charge in [0.2, 0.25) is 0 Å². The molecule has 106 valence electrons. The van der Waals surface area contributed by atoms with Crippen molar-refractivity contribution in [3.8, 4) is 0 Å². The zero-order valence-corrected chi connectivity index (χ0v) is 12.3. The van der Waals surface area contributed by atoms with E-state index >= 15 is 0 Å². The van der Waals surface area contributed by atoms with E-state index < -0.39 is 12.2 Å². The molecule has 1 heterocycles. The Bertz CT molecular complexity index is 447. The molecule has 0 aliphatic carbocycles. The van der Waals surface area contributed by atoms with Crippen LogP contribution in [0.2, 0.25) is 5.02 Å². The van der Waals surface area contributed by atoms with E-state index in [9.17, 15) is 13.2 Å². The van der Waals surface area contributed by atoms with E-state index in [2.05, 4.69) is 21.2 Å². The summed E-state index contributed by atoms with van der Waals surface area (Å²) >= 11 is 9.01. The highest BCUT2D eigenvalue weighted by atomic mass is 79.9. The summed E-state index contributed by atoms with van der Waals surface area (Å²) < 4.78 is 40.4. The van der Waals surface area contributed by atoms with Gasteiger partial charge in [-0.05, 0) is 33.6 Å². The summed E-state index contributed by atoms with van der Waals surface area (Å²) in [6.45, 7) is 1.90. The van der Waals surface area contributed by atoms with Crippen LogP contribution in [-0.4, -0.2) is 37.3 Å². The second kappa shape index (κ2) is 5.99. The molecule has 1 atom stereocenters. The first-order chi connectivity index (χ1) is 8.89. The van der Waals surface area contributed by atoms with Crippen molar-refractivity contribution in [3.63, 3.8) is 0 Å². The molecule has 0 aromatic heterocycles. The second-order valence-corrected chi connectivity index (χ2v) is 5.67. The van der Waals surface area contributed by atoms with Crippen molar-refractivity contribution in [2.24, 2.45) is 0 Å². The van der Waals surface area contributed by atoms with Crippen LogP contribution in [0.25, 0.3) is 0 Å². The molecular formula is C12H13BrClF3N2. The number of piperazine rings is 1. The van der Waals surface area contributed by atoms with Gasteiger partial charge in [0.25, 0.3) is 0 Å². The summed E-state index contributed by atoms with van der Waals surface area (Å²) in [5.41, 5.74) is 0.214. The lowest BCUT2D eigenvalue weighted by Crippen LogP contribution is -2.49. The monoisotopic (exact) mass is 356 g/mol. The first-order valence-corrected chi connectivity index (χ1v) is 7.03. The quantitative estimate of drug-likeness (QED) is 0.870. The molecule has 7 heteroatoms.